The first-order valence-corrected chi connectivity index (χ1v) is 18.2. The Morgan fingerprint density at radius 3 is 0.842 bits per heavy atom. The van der Waals surface area contributed by atoms with Crippen molar-refractivity contribution in [3.05, 3.63) is 0 Å². The van der Waals surface area contributed by atoms with E-state index in [1.165, 1.54) is 148 Å². The van der Waals surface area contributed by atoms with Gasteiger partial charge in [-0.15, -0.1) is 0 Å². The molecule has 0 aliphatic carbocycles. The number of carbonyl (C=O) groups is 1. The van der Waals surface area contributed by atoms with Crippen molar-refractivity contribution >= 4 is 13.5 Å². The molecule has 0 atom stereocenters. The van der Waals surface area contributed by atoms with E-state index < -0.39 is 7.60 Å². The van der Waals surface area contributed by atoms with Crippen LogP contribution in [0.25, 0.3) is 0 Å². The summed E-state index contributed by atoms with van der Waals surface area (Å²) in [5, 5.41) is 8.44. The van der Waals surface area contributed by atoms with Gasteiger partial charge < -0.3 is 9.79 Å². The van der Waals surface area contributed by atoms with Crippen LogP contribution < -0.4 is 5.48 Å². The molecule has 0 fully saturated rings. The fraction of sp³-hybridized carbons (Fsp3) is 0.968. The zero-order valence-electron chi connectivity index (χ0n) is 24.8. The average Bonchev–Trinajstić information content (AvgIpc) is 2.89. The summed E-state index contributed by atoms with van der Waals surface area (Å²) in [6.07, 6.45) is 36.5. The minimum absolute atomic E-state index is 0.0518. The third kappa shape index (κ3) is 33.6. The van der Waals surface area contributed by atoms with Crippen LogP contribution in [0.2, 0.25) is 0 Å². The number of nitrogens with one attached hydrogen (secondary N) is 1. The first kappa shape index (κ1) is 37.6. The van der Waals surface area contributed by atoms with Crippen molar-refractivity contribution in [1.29, 1.82) is 0 Å². The molecule has 0 aromatic heterocycles. The van der Waals surface area contributed by atoms with Crippen LogP contribution in [0.5, 0.6) is 0 Å². The van der Waals surface area contributed by atoms with Gasteiger partial charge in [-0.1, -0.05) is 167 Å². The summed E-state index contributed by atoms with van der Waals surface area (Å²) in [4.78, 5) is 28.6. The smallest absolute Gasteiger partial charge is 0.324 e. The van der Waals surface area contributed by atoms with E-state index in [4.69, 9.17) is 15.0 Å². The van der Waals surface area contributed by atoms with Gasteiger partial charge in [0.05, 0.1) is 0 Å². The summed E-state index contributed by atoms with van der Waals surface area (Å²) < 4.78 is 10.8. The number of unbranched alkanes of at least 4 members (excludes halogenated alkanes) is 27. The van der Waals surface area contributed by atoms with Crippen LogP contribution in [0.3, 0.4) is 0 Å². The number of hydrogen-bond donors (Lipinski definition) is 4. The minimum Gasteiger partial charge on any atom is -0.324 e. The molecule has 0 aliphatic heterocycles. The van der Waals surface area contributed by atoms with Gasteiger partial charge in [0.25, 0.3) is 0 Å². The van der Waals surface area contributed by atoms with Gasteiger partial charge in [0.2, 0.25) is 5.91 Å². The molecule has 6 nitrogen and oxygen atoms in total. The molecule has 38 heavy (non-hydrogen) atoms. The molecular weight excluding hydrogens is 497 g/mol. The van der Waals surface area contributed by atoms with E-state index in [0.717, 1.165) is 25.7 Å². The summed E-state index contributed by atoms with van der Waals surface area (Å²) >= 11 is 0. The number of amides is 1. The fourth-order valence-electron chi connectivity index (χ4n) is 5.26. The van der Waals surface area contributed by atoms with E-state index in [1.54, 1.807) is 5.48 Å². The molecule has 0 bridgehead atoms. The molecule has 0 saturated heterocycles. The molecule has 0 spiro atoms. The number of rotatable bonds is 31. The van der Waals surface area contributed by atoms with Crippen molar-refractivity contribution in [3.63, 3.8) is 0 Å². The van der Waals surface area contributed by atoms with Gasteiger partial charge in [-0.3, -0.25) is 14.6 Å². The first-order chi connectivity index (χ1) is 18.5. The van der Waals surface area contributed by atoms with Crippen LogP contribution in [0.15, 0.2) is 0 Å². The van der Waals surface area contributed by atoms with Gasteiger partial charge in [0, 0.05) is 12.6 Å². The van der Waals surface area contributed by atoms with E-state index >= 15 is 0 Å². The maximum Gasteiger partial charge on any atom is 0.325 e. The topological polar surface area (TPSA) is 107 Å². The monoisotopic (exact) mass is 561 g/mol. The molecule has 0 heterocycles. The first-order valence-electron chi connectivity index (χ1n) is 16.4. The summed E-state index contributed by atoms with van der Waals surface area (Å²) in [6.45, 7) is 0. The fourth-order valence-corrected chi connectivity index (χ4v) is 5.89. The Morgan fingerprint density at radius 2 is 0.632 bits per heavy atom. The predicted octanol–water partition coefficient (Wildman–Crippen LogP) is 9.98. The standard InChI is InChI=1S/C31H64NO5P/c33-31(32-34)29-27-25-23-21-19-17-15-13-11-9-7-5-3-1-2-4-6-8-10-12-14-16-18-20-22-24-26-28-30-38(35,36)37/h34H,1-30H2,(H,32,33)(H2,35,36,37). The molecule has 0 aliphatic rings. The third-order valence-corrected chi connectivity index (χ3v) is 8.63. The number of hydrogen-bond acceptors (Lipinski definition) is 3. The predicted molar refractivity (Wildman–Crippen MR) is 161 cm³/mol. The normalized spacial score (nSPS) is 11.8. The van der Waals surface area contributed by atoms with Crippen molar-refractivity contribution in [1.82, 2.24) is 5.48 Å². The molecule has 4 N–H and O–H groups in total. The second kappa shape index (κ2) is 29.6. The third-order valence-electron chi connectivity index (χ3n) is 7.73. The van der Waals surface area contributed by atoms with Crippen LogP contribution in [-0.2, 0) is 9.36 Å². The van der Waals surface area contributed by atoms with Crippen molar-refractivity contribution in [2.45, 2.75) is 186 Å². The highest BCUT2D eigenvalue weighted by molar-refractivity contribution is 7.51. The molecule has 7 heteroatoms. The summed E-state index contributed by atoms with van der Waals surface area (Å²) in [6, 6.07) is 0. The maximum atomic E-state index is 10.9. The SMILES string of the molecule is O=C(CCCCCCCCCCCCCCCCCCCCCCCCCCCCCCP(=O)(O)O)NO. The van der Waals surface area contributed by atoms with Crippen LogP contribution in [0.4, 0.5) is 0 Å². The molecule has 0 unspecified atom stereocenters. The zero-order valence-corrected chi connectivity index (χ0v) is 25.7. The summed E-state index contributed by atoms with van der Waals surface area (Å²) in [5.41, 5.74) is 1.69. The Hall–Kier alpha value is -0.420. The summed E-state index contributed by atoms with van der Waals surface area (Å²) in [5.74, 6) is -0.266. The Bertz CT molecular complexity index is 540. The Balaban J connectivity index is 3.07. The number of hydroxylamine groups is 1. The molecular formula is C31H64NO5P. The van der Waals surface area contributed by atoms with Crippen molar-refractivity contribution < 1.29 is 24.4 Å². The quantitative estimate of drug-likeness (QED) is 0.0291. The maximum absolute atomic E-state index is 10.9. The molecule has 228 valence electrons. The van der Waals surface area contributed by atoms with Crippen LogP contribution in [0, 0.1) is 0 Å². The lowest BCUT2D eigenvalue weighted by Crippen LogP contribution is -2.17. The molecule has 0 radical (unpaired) electrons. The van der Waals surface area contributed by atoms with Crippen molar-refractivity contribution in [3.8, 4) is 0 Å². The van der Waals surface area contributed by atoms with Gasteiger partial charge in [-0.2, -0.15) is 0 Å². The highest BCUT2D eigenvalue weighted by atomic mass is 31.2. The number of carbonyl (C=O) groups excluding carboxylic acids is 1. The van der Waals surface area contributed by atoms with E-state index in [9.17, 15) is 9.36 Å². The lowest BCUT2D eigenvalue weighted by atomic mass is 10.0. The second-order valence-corrected chi connectivity index (χ2v) is 13.3. The summed E-state index contributed by atoms with van der Waals surface area (Å²) in [7, 11) is -3.78. The molecule has 0 saturated carbocycles. The van der Waals surface area contributed by atoms with Gasteiger partial charge >= 0.3 is 7.60 Å². The highest BCUT2D eigenvalue weighted by Gasteiger charge is 2.10. The highest BCUT2D eigenvalue weighted by Crippen LogP contribution is 2.35. The van der Waals surface area contributed by atoms with Crippen LogP contribution in [-0.4, -0.2) is 27.1 Å². The lowest BCUT2D eigenvalue weighted by molar-refractivity contribution is -0.129. The zero-order chi connectivity index (χ0) is 28.0. The van der Waals surface area contributed by atoms with Crippen molar-refractivity contribution in [2.75, 3.05) is 6.16 Å². The van der Waals surface area contributed by atoms with Crippen LogP contribution in [0.1, 0.15) is 186 Å². The Kier molecular flexibility index (Phi) is 29.2. The van der Waals surface area contributed by atoms with Gasteiger partial charge in [0.15, 0.2) is 0 Å². The Labute approximate surface area is 235 Å². The molecule has 0 aromatic rings. The van der Waals surface area contributed by atoms with E-state index in [2.05, 4.69) is 0 Å². The van der Waals surface area contributed by atoms with Gasteiger partial charge in [0.1, 0.15) is 0 Å². The Morgan fingerprint density at radius 1 is 0.421 bits per heavy atom. The van der Waals surface area contributed by atoms with E-state index in [1.807, 2.05) is 0 Å². The van der Waals surface area contributed by atoms with E-state index in [-0.39, 0.29) is 12.1 Å². The van der Waals surface area contributed by atoms with Crippen LogP contribution >= 0.6 is 7.60 Å². The van der Waals surface area contributed by atoms with Gasteiger partial charge in [-0.05, 0) is 12.8 Å². The van der Waals surface area contributed by atoms with E-state index in [0.29, 0.717) is 12.8 Å². The molecule has 0 aromatic carbocycles. The molecule has 0 rings (SSSR count). The largest absolute Gasteiger partial charge is 0.325 e. The van der Waals surface area contributed by atoms with Gasteiger partial charge in [-0.25, -0.2) is 5.48 Å². The molecule has 1 amide bonds. The lowest BCUT2D eigenvalue weighted by Gasteiger charge is -2.05. The van der Waals surface area contributed by atoms with Crippen molar-refractivity contribution in [2.24, 2.45) is 0 Å². The minimum atomic E-state index is -3.78. The second-order valence-electron chi connectivity index (χ2n) is 11.6. The average molecular weight is 562 g/mol.